The first-order valence-electron chi connectivity index (χ1n) is 15.2. The number of benzene rings is 1. The average Bonchev–Trinajstić information content (AvgIpc) is 2.97. The molecule has 2 saturated heterocycles. The first kappa shape index (κ1) is 34.6. The van der Waals surface area contributed by atoms with Crippen LogP contribution in [0.15, 0.2) is 30.6 Å². The SMILES string of the molecule is CCC1CC(N(Cc2cc(C(F)(F)F)cc(C(F)(F)F)c2)c2ncc(N3CCOCC3)cn2)C[C@@H](CC)N1C(=O)OC(C)(C)C. The van der Waals surface area contributed by atoms with Crippen LogP contribution in [0.2, 0.25) is 0 Å². The third kappa shape index (κ3) is 8.71. The third-order valence-corrected chi connectivity index (χ3v) is 8.12. The summed E-state index contributed by atoms with van der Waals surface area (Å²) in [5.41, 5.74) is -2.92. The van der Waals surface area contributed by atoms with Gasteiger partial charge in [0.1, 0.15) is 5.60 Å². The fourth-order valence-corrected chi connectivity index (χ4v) is 5.96. The minimum Gasteiger partial charge on any atom is -0.444 e. The number of rotatable bonds is 7. The zero-order chi connectivity index (χ0) is 33.2. The van der Waals surface area contributed by atoms with Crippen LogP contribution >= 0.6 is 0 Å². The molecule has 1 aromatic heterocycles. The maximum absolute atomic E-state index is 13.7. The molecule has 2 aliphatic rings. The molecule has 45 heavy (non-hydrogen) atoms. The highest BCUT2D eigenvalue weighted by Gasteiger charge is 2.42. The van der Waals surface area contributed by atoms with Crippen molar-refractivity contribution in [1.29, 1.82) is 0 Å². The highest BCUT2D eigenvalue weighted by molar-refractivity contribution is 5.69. The van der Waals surface area contributed by atoms with Crippen LogP contribution < -0.4 is 9.80 Å². The molecule has 3 heterocycles. The molecule has 4 rings (SSSR count). The Labute approximate surface area is 259 Å². The zero-order valence-corrected chi connectivity index (χ0v) is 26.2. The molecule has 14 heteroatoms. The normalized spacial score (nSPS) is 21.5. The number of ether oxygens (including phenoxy) is 2. The van der Waals surface area contributed by atoms with E-state index in [2.05, 4.69) is 9.97 Å². The quantitative estimate of drug-likeness (QED) is 0.293. The van der Waals surface area contributed by atoms with Gasteiger partial charge in [0.15, 0.2) is 0 Å². The van der Waals surface area contributed by atoms with E-state index in [9.17, 15) is 31.1 Å². The van der Waals surface area contributed by atoms with Crippen LogP contribution in [0.3, 0.4) is 0 Å². The molecule has 8 nitrogen and oxygen atoms in total. The van der Waals surface area contributed by atoms with E-state index in [1.165, 1.54) is 0 Å². The van der Waals surface area contributed by atoms with Gasteiger partial charge in [0.25, 0.3) is 0 Å². The van der Waals surface area contributed by atoms with Gasteiger partial charge >= 0.3 is 18.4 Å². The number of likely N-dealkylation sites (tertiary alicyclic amines) is 1. The summed E-state index contributed by atoms with van der Waals surface area (Å²) < 4.78 is 93.5. The lowest BCUT2D eigenvalue weighted by Gasteiger charge is -2.48. The highest BCUT2D eigenvalue weighted by atomic mass is 19.4. The van der Waals surface area contributed by atoms with E-state index in [0.717, 1.165) is 17.8 Å². The second-order valence-electron chi connectivity index (χ2n) is 12.5. The number of carbonyl (C=O) groups is 1. The van der Waals surface area contributed by atoms with Crippen LogP contribution in [-0.4, -0.2) is 71.0 Å². The molecule has 1 amide bonds. The molecule has 3 atom stereocenters. The molecule has 2 fully saturated rings. The molecule has 2 aliphatic heterocycles. The number of piperidine rings is 1. The van der Waals surface area contributed by atoms with E-state index < -0.39 is 41.2 Å². The summed E-state index contributed by atoms with van der Waals surface area (Å²) in [5, 5.41) is 0. The zero-order valence-electron chi connectivity index (χ0n) is 26.2. The van der Waals surface area contributed by atoms with Gasteiger partial charge in [-0.25, -0.2) is 14.8 Å². The Balaban J connectivity index is 1.74. The maximum Gasteiger partial charge on any atom is 0.416 e. The predicted molar refractivity (Wildman–Crippen MR) is 157 cm³/mol. The third-order valence-electron chi connectivity index (χ3n) is 8.12. The van der Waals surface area contributed by atoms with Gasteiger partial charge in [0.05, 0.1) is 42.4 Å². The predicted octanol–water partition coefficient (Wildman–Crippen LogP) is 7.31. The minimum atomic E-state index is -4.98. The Kier molecular flexibility index (Phi) is 10.4. The summed E-state index contributed by atoms with van der Waals surface area (Å²) in [6, 6.07) is 0.651. The topological polar surface area (TPSA) is 71.0 Å². The molecular formula is C31H41F6N5O3. The van der Waals surface area contributed by atoms with Crippen molar-refractivity contribution in [3.63, 3.8) is 0 Å². The molecule has 0 aliphatic carbocycles. The van der Waals surface area contributed by atoms with E-state index in [1.807, 2.05) is 18.7 Å². The van der Waals surface area contributed by atoms with Gasteiger partial charge in [-0.05, 0) is 70.2 Å². The number of nitrogens with zero attached hydrogens (tertiary/aromatic N) is 5. The van der Waals surface area contributed by atoms with Gasteiger partial charge in [-0.1, -0.05) is 13.8 Å². The fourth-order valence-electron chi connectivity index (χ4n) is 5.96. The van der Waals surface area contributed by atoms with Gasteiger partial charge in [-0.15, -0.1) is 0 Å². The Morgan fingerprint density at radius 3 is 1.87 bits per heavy atom. The number of aromatic nitrogens is 2. The second-order valence-corrected chi connectivity index (χ2v) is 12.5. The summed E-state index contributed by atoms with van der Waals surface area (Å²) in [7, 11) is 0. The van der Waals surface area contributed by atoms with Gasteiger partial charge < -0.3 is 24.2 Å². The van der Waals surface area contributed by atoms with Crippen molar-refractivity contribution in [1.82, 2.24) is 14.9 Å². The van der Waals surface area contributed by atoms with E-state index in [0.29, 0.717) is 52.0 Å². The number of amides is 1. The lowest BCUT2D eigenvalue weighted by atomic mass is 9.87. The second kappa shape index (κ2) is 13.6. The summed E-state index contributed by atoms with van der Waals surface area (Å²) in [6.07, 6.45) is -5.26. The summed E-state index contributed by atoms with van der Waals surface area (Å²) in [6.45, 7) is 11.3. The molecular weight excluding hydrogens is 604 g/mol. The number of hydrogen-bond donors (Lipinski definition) is 0. The Hall–Kier alpha value is -3.29. The summed E-state index contributed by atoms with van der Waals surface area (Å²) >= 11 is 0. The number of anilines is 2. The van der Waals surface area contributed by atoms with E-state index >= 15 is 0 Å². The van der Waals surface area contributed by atoms with Gasteiger partial charge in [-0.3, -0.25) is 0 Å². The van der Waals surface area contributed by atoms with Gasteiger partial charge in [0.2, 0.25) is 5.95 Å². The molecule has 0 saturated carbocycles. The van der Waals surface area contributed by atoms with Crippen molar-refractivity contribution in [3.05, 3.63) is 47.3 Å². The molecule has 2 aromatic rings. The van der Waals surface area contributed by atoms with Crippen molar-refractivity contribution < 1.29 is 40.6 Å². The molecule has 0 spiro atoms. The van der Waals surface area contributed by atoms with E-state index in [-0.39, 0.29) is 36.2 Å². The van der Waals surface area contributed by atoms with Crippen LogP contribution in [0.1, 0.15) is 77.0 Å². The van der Waals surface area contributed by atoms with Gasteiger partial charge in [-0.2, -0.15) is 26.3 Å². The van der Waals surface area contributed by atoms with E-state index in [4.69, 9.17) is 9.47 Å². The minimum absolute atomic E-state index is 0.126. The smallest absolute Gasteiger partial charge is 0.416 e. The molecule has 0 bridgehead atoms. The maximum atomic E-state index is 13.7. The van der Waals surface area contributed by atoms with E-state index in [1.54, 1.807) is 43.0 Å². The first-order valence-corrected chi connectivity index (χ1v) is 15.2. The molecule has 1 aromatic carbocycles. The number of alkyl halides is 6. The van der Waals surface area contributed by atoms with Crippen molar-refractivity contribution in [3.8, 4) is 0 Å². The van der Waals surface area contributed by atoms with Crippen molar-refractivity contribution in [2.45, 2.75) is 103 Å². The number of hydrogen-bond acceptors (Lipinski definition) is 7. The van der Waals surface area contributed by atoms with Crippen molar-refractivity contribution in [2.24, 2.45) is 0 Å². The lowest BCUT2D eigenvalue weighted by molar-refractivity contribution is -0.143. The molecule has 250 valence electrons. The fraction of sp³-hybridized carbons (Fsp3) is 0.645. The largest absolute Gasteiger partial charge is 0.444 e. The molecule has 0 radical (unpaired) electrons. The Morgan fingerprint density at radius 2 is 1.42 bits per heavy atom. The number of halogens is 6. The van der Waals surface area contributed by atoms with Crippen LogP contribution in [-0.2, 0) is 28.4 Å². The Bertz CT molecular complexity index is 1250. The first-order chi connectivity index (χ1) is 21.0. The Morgan fingerprint density at radius 1 is 0.911 bits per heavy atom. The van der Waals surface area contributed by atoms with Crippen LogP contribution in [0.4, 0.5) is 42.8 Å². The standard InChI is InChI=1S/C31H41F6N5O3/c1-6-23-15-25(16-24(7-2)42(23)28(43)45-29(3,4)5)41(27-38-17-26(18-39-27)40-8-10-44-11-9-40)19-20-12-21(30(32,33)34)14-22(13-20)31(35,36)37/h12-14,17-18,23-25H,6-11,15-16,19H2,1-5H3/t23-,24?,25?/m1/s1. The van der Waals surface area contributed by atoms with Crippen molar-refractivity contribution >= 4 is 17.7 Å². The average molecular weight is 646 g/mol. The van der Waals surface area contributed by atoms with Crippen molar-refractivity contribution in [2.75, 3.05) is 36.1 Å². The molecule has 0 N–H and O–H groups in total. The number of morpholine rings is 1. The van der Waals surface area contributed by atoms with Crippen LogP contribution in [0, 0.1) is 0 Å². The lowest BCUT2D eigenvalue weighted by Crippen LogP contribution is -2.57. The highest BCUT2D eigenvalue weighted by Crippen LogP contribution is 2.38. The van der Waals surface area contributed by atoms with Crippen LogP contribution in [0.5, 0.6) is 0 Å². The monoisotopic (exact) mass is 645 g/mol. The summed E-state index contributed by atoms with van der Waals surface area (Å²) in [5.74, 6) is 0.179. The van der Waals surface area contributed by atoms with Gasteiger partial charge in [0, 0.05) is 37.8 Å². The van der Waals surface area contributed by atoms with Crippen LogP contribution in [0.25, 0.3) is 0 Å². The number of carbonyl (C=O) groups excluding carboxylic acids is 1. The molecule has 2 unspecified atom stereocenters. The summed E-state index contributed by atoms with van der Waals surface area (Å²) in [4.78, 5) is 27.8.